The van der Waals surface area contributed by atoms with Crippen LogP contribution in [0.1, 0.15) is 28.4 Å². The Morgan fingerprint density at radius 3 is 2.29 bits per heavy atom. The summed E-state index contributed by atoms with van der Waals surface area (Å²) < 4.78 is 7.07. The molecule has 34 heavy (non-hydrogen) atoms. The Bertz CT molecular complexity index is 1140. The van der Waals surface area contributed by atoms with Gasteiger partial charge in [-0.1, -0.05) is 42.5 Å². The van der Waals surface area contributed by atoms with Gasteiger partial charge >= 0.3 is 0 Å². The number of aryl methyl sites for hydroxylation is 1. The van der Waals surface area contributed by atoms with Gasteiger partial charge in [0.05, 0.1) is 31.9 Å². The van der Waals surface area contributed by atoms with E-state index in [9.17, 15) is 15.0 Å². The van der Waals surface area contributed by atoms with Crippen molar-refractivity contribution in [2.24, 2.45) is 0 Å². The third kappa shape index (κ3) is 5.17. The lowest BCUT2D eigenvalue weighted by Crippen LogP contribution is -2.49. The molecule has 1 atom stereocenters. The van der Waals surface area contributed by atoms with Crippen LogP contribution in [0.15, 0.2) is 65.5 Å². The molecule has 3 aromatic rings. The Hall–Kier alpha value is -3.13. The highest BCUT2D eigenvalue weighted by Crippen LogP contribution is 2.34. The van der Waals surface area contributed by atoms with Gasteiger partial charge in [0.2, 0.25) is 0 Å². The molecule has 1 aromatic heterocycles. The highest BCUT2D eigenvalue weighted by atomic mass is 16.5. The van der Waals surface area contributed by atoms with Gasteiger partial charge in [0.15, 0.2) is 0 Å². The molecule has 180 valence electrons. The van der Waals surface area contributed by atoms with E-state index in [0.717, 1.165) is 48.7 Å². The molecule has 7 nitrogen and oxygen atoms in total. The molecule has 0 unspecified atom stereocenters. The first-order chi connectivity index (χ1) is 16.5. The molecule has 2 aromatic carbocycles. The van der Waals surface area contributed by atoms with Crippen LogP contribution in [0.5, 0.6) is 11.5 Å². The molecule has 0 bridgehead atoms. The number of aliphatic hydroxyl groups excluding tert-OH is 1. The number of benzene rings is 2. The van der Waals surface area contributed by atoms with Crippen molar-refractivity contribution >= 4 is 0 Å². The second-order valence-electron chi connectivity index (χ2n) is 8.74. The van der Waals surface area contributed by atoms with E-state index in [2.05, 4.69) is 9.80 Å². The van der Waals surface area contributed by atoms with E-state index in [1.165, 1.54) is 0 Å². The van der Waals surface area contributed by atoms with Crippen molar-refractivity contribution in [3.8, 4) is 11.5 Å². The number of ether oxygens (including phenoxy) is 1. The summed E-state index contributed by atoms with van der Waals surface area (Å²) in [5, 5.41) is 20.4. The van der Waals surface area contributed by atoms with Gasteiger partial charge in [-0.15, -0.1) is 0 Å². The molecule has 4 rings (SSSR count). The van der Waals surface area contributed by atoms with Crippen molar-refractivity contribution in [3.63, 3.8) is 0 Å². The number of pyridine rings is 1. The number of hydrogen-bond acceptors (Lipinski definition) is 6. The van der Waals surface area contributed by atoms with Crippen LogP contribution in [0.25, 0.3) is 0 Å². The van der Waals surface area contributed by atoms with Gasteiger partial charge in [-0.2, -0.15) is 0 Å². The number of aliphatic hydroxyl groups is 1. The van der Waals surface area contributed by atoms with Crippen molar-refractivity contribution in [2.45, 2.75) is 19.5 Å². The zero-order valence-electron chi connectivity index (χ0n) is 19.9. The fraction of sp³-hybridized carbons (Fsp3) is 0.370. The summed E-state index contributed by atoms with van der Waals surface area (Å²) in [6.07, 6.45) is 0. The topological polar surface area (TPSA) is 78.2 Å². The van der Waals surface area contributed by atoms with Crippen LogP contribution in [0.2, 0.25) is 0 Å². The summed E-state index contributed by atoms with van der Waals surface area (Å²) in [6.45, 7) is 6.09. The van der Waals surface area contributed by atoms with Gasteiger partial charge in [-0.05, 0) is 36.2 Å². The van der Waals surface area contributed by atoms with E-state index in [-0.39, 0.29) is 17.9 Å². The molecule has 0 amide bonds. The summed E-state index contributed by atoms with van der Waals surface area (Å²) in [5.41, 5.74) is 2.89. The summed E-state index contributed by atoms with van der Waals surface area (Å²) >= 11 is 0. The van der Waals surface area contributed by atoms with Crippen molar-refractivity contribution in [3.05, 3.63) is 93.4 Å². The minimum absolute atomic E-state index is 0.0189. The minimum atomic E-state index is -0.391. The van der Waals surface area contributed by atoms with Crippen LogP contribution in [0.4, 0.5) is 0 Å². The van der Waals surface area contributed by atoms with Crippen molar-refractivity contribution in [1.82, 2.24) is 14.4 Å². The highest BCUT2D eigenvalue weighted by molar-refractivity contribution is 5.42. The van der Waals surface area contributed by atoms with Crippen LogP contribution in [0, 0.1) is 6.92 Å². The molecule has 1 fully saturated rings. The Labute approximate surface area is 200 Å². The van der Waals surface area contributed by atoms with Crippen molar-refractivity contribution in [2.75, 3.05) is 46.4 Å². The average Bonchev–Trinajstić information content (AvgIpc) is 2.86. The molecule has 7 heteroatoms. The number of piperazine rings is 1. The molecule has 2 N–H and O–H groups in total. The quantitative estimate of drug-likeness (QED) is 0.535. The number of aromatic hydroxyl groups is 1. The zero-order chi connectivity index (χ0) is 24.1. The van der Waals surface area contributed by atoms with Crippen LogP contribution >= 0.6 is 0 Å². The predicted molar refractivity (Wildman–Crippen MR) is 133 cm³/mol. The van der Waals surface area contributed by atoms with Gasteiger partial charge < -0.3 is 19.5 Å². The Morgan fingerprint density at radius 2 is 1.68 bits per heavy atom. The molecule has 0 saturated carbocycles. The Kier molecular flexibility index (Phi) is 7.67. The first-order valence-corrected chi connectivity index (χ1v) is 11.7. The number of rotatable bonds is 8. The zero-order valence-corrected chi connectivity index (χ0v) is 19.9. The Morgan fingerprint density at radius 1 is 1.00 bits per heavy atom. The maximum absolute atomic E-state index is 13.9. The third-order valence-electron chi connectivity index (χ3n) is 6.60. The van der Waals surface area contributed by atoms with Gasteiger partial charge in [0.1, 0.15) is 11.5 Å². The summed E-state index contributed by atoms with van der Waals surface area (Å²) in [4.78, 5) is 18.3. The molecule has 1 saturated heterocycles. The summed E-state index contributed by atoms with van der Waals surface area (Å²) in [7, 11) is 1.63. The van der Waals surface area contributed by atoms with E-state index < -0.39 is 6.04 Å². The maximum atomic E-state index is 13.9. The van der Waals surface area contributed by atoms with E-state index in [1.807, 2.05) is 61.5 Å². The molecular weight excluding hydrogens is 430 g/mol. The predicted octanol–water partition coefficient (Wildman–Crippen LogP) is 2.62. The van der Waals surface area contributed by atoms with Crippen molar-refractivity contribution in [1.29, 1.82) is 0 Å². The molecule has 2 heterocycles. The summed E-state index contributed by atoms with van der Waals surface area (Å²) in [5.74, 6) is 0.760. The average molecular weight is 464 g/mol. The van der Waals surface area contributed by atoms with E-state index >= 15 is 0 Å². The van der Waals surface area contributed by atoms with Crippen LogP contribution in [-0.2, 0) is 6.54 Å². The van der Waals surface area contributed by atoms with E-state index in [1.54, 1.807) is 17.7 Å². The molecule has 1 aliphatic rings. The maximum Gasteiger partial charge on any atom is 0.259 e. The van der Waals surface area contributed by atoms with Gasteiger partial charge in [0.25, 0.3) is 5.56 Å². The number of nitrogens with zero attached hydrogens (tertiary/aromatic N) is 3. The first-order valence-electron chi connectivity index (χ1n) is 11.7. The highest BCUT2D eigenvalue weighted by Gasteiger charge is 2.31. The number of β-amino-alcohol motifs (C(OH)–C–C–N with tert-alkyl or cyclic N) is 1. The van der Waals surface area contributed by atoms with Gasteiger partial charge in [-0.3, -0.25) is 14.6 Å². The fourth-order valence-electron chi connectivity index (χ4n) is 4.72. The van der Waals surface area contributed by atoms with Crippen LogP contribution < -0.4 is 10.3 Å². The lowest BCUT2D eigenvalue weighted by atomic mass is 9.95. The standard InChI is InChI=1S/C27H33N3O4/c1-20-18-24(32)25(27(33)30(20)19-21-6-4-3-5-7-21)26(22-8-10-23(34-2)11-9-22)29-14-12-28(13-15-29)16-17-31/h3-11,18,26,31-32H,12-17,19H2,1-2H3/t26-/m1/s1. The molecular formula is C27H33N3O4. The monoisotopic (exact) mass is 463 g/mol. The Balaban J connectivity index is 1.77. The SMILES string of the molecule is COc1ccc([C@H](c2c(O)cc(C)n(Cc3ccccc3)c2=O)N2CCN(CCO)CC2)cc1. The lowest BCUT2D eigenvalue weighted by molar-refractivity contribution is 0.0932. The van der Waals surface area contributed by atoms with Crippen molar-refractivity contribution < 1.29 is 14.9 Å². The molecule has 0 radical (unpaired) electrons. The first kappa shape index (κ1) is 24.0. The molecule has 1 aliphatic heterocycles. The number of methoxy groups -OCH3 is 1. The van der Waals surface area contributed by atoms with E-state index in [4.69, 9.17) is 4.74 Å². The molecule has 0 aliphatic carbocycles. The van der Waals surface area contributed by atoms with Gasteiger partial charge in [-0.25, -0.2) is 0 Å². The number of hydrogen-bond donors (Lipinski definition) is 2. The lowest BCUT2D eigenvalue weighted by Gasteiger charge is -2.39. The molecule has 0 spiro atoms. The number of aromatic nitrogens is 1. The minimum Gasteiger partial charge on any atom is -0.507 e. The smallest absolute Gasteiger partial charge is 0.259 e. The second-order valence-corrected chi connectivity index (χ2v) is 8.74. The normalized spacial score (nSPS) is 15.9. The summed E-state index contributed by atoms with van der Waals surface area (Å²) in [6, 6.07) is 18.9. The van der Waals surface area contributed by atoms with E-state index in [0.29, 0.717) is 18.7 Å². The van der Waals surface area contributed by atoms with Crippen LogP contribution in [0.3, 0.4) is 0 Å². The second kappa shape index (κ2) is 10.9. The van der Waals surface area contributed by atoms with Gasteiger partial charge in [0, 0.05) is 38.4 Å². The largest absolute Gasteiger partial charge is 0.507 e. The fourth-order valence-corrected chi connectivity index (χ4v) is 4.72. The third-order valence-corrected chi connectivity index (χ3v) is 6.60. The van der Waals surface area contributed by atoms with Crippen LogP contribution in [-0.4, -0.2) is 71.0 Å².